The summed E-state index contributed by atoms with van der Waals surface area (Å²) in [5, 5.41) is 2.96. The number of thioether (sulfide) groups is 1. The molecule has 0 bridgehead atoms. The molecular weight excluding hydrogens is 424 g/mol. The fourth-order valence-electron chi connectivity index (χ4n) is 2.90. The second-order valence-electron chi connectivity index (χ2n) is 7.09. The zero-order valence-corrected chi connectivity index (χ0v) is 19.1. The Morgan fingerprint density at radius 2 is 1.67 bits per heavy atom. The van der Waals surface area contributed by atoms with Gasteiger partial charge in [0, 0.05) is 30.2 Å². The zero-order valence-electron chi connectivity index (χ0n) is 17.5. The predicted octanol–water partition coefficient (Wildman–Crippen LogP) is 2.54. The number of ether oxygens (including phenoxy) is 1. The first kappa shape index (κ1) is 22.7. The summed E-state index contributed by atoms with van der Waals surface area (Å²) >= 11 is 1.29. The normalized spacial score (nSPS) is 16.3. The van der Waals surface area contributed by atoms with E-state index >= 15 is 0 Å². The number of morpholine rings is 1. The SMILES string of the molecule is Cc1nc(SC(C)C(=O)Nc2ccc(S(=O)(=O)N3CCOCC3)cc2)nc(C)c1C. The van der Waals surface area contributed by atoms with Crippen LogP contribution in [0, 0.1) is 20.8 Å². The van der Waals surface area contributed by atoms with Gasteiger partial charge in [-0.1, -0.05) is 11.8 Å². The van der Waals surface area contributed by atoms with Crippen molar-refractivity contribution in [1.29, 1.82) is 0 Å². The molecule has 1 fully saturated rings. The second kappa shape index (κ2) is 9.42. The molecule has 2 heterocycles. The summed E-state index contributed by atoms with van der Waals surface area (Å²) in [6.45, 7) is 9.07. The molecule has 1 aromatic heterocycles. The van der Waals surface area contributed by atoms with Crippen molar-refractivity contribution in [2.75, 3.05) is 31.6 Å². The fourth-order valence-corrected chi connectivity index (χ4v) is 5.17. The molecule has 10 heteroatoms. The van der Waals surface area contributed by atoms with Crippen LogP contribution in [0.4, 0.5) is 5.69 Å². The molecule has 8 nitrogen and oxygen atoms in total. The molecular formula is C20H26N4O4S2. The summed E-state index contributed by atoms with van der Waals surface area (Å²) in [4.78, 5) is 21.6. The Morgan fingerprint density at radius 3 is 2.23 bits per heavy atom. The highest BCUT2D eigenvalue weighted by molar-refractivity contribution is 8.00. The van der Waals surface area contributed by atoms with Crippen LogP contribution in [0.25, 0.3) is 0 Å². The van der Waals surface area contributed by atoms with Crippen LogP contribution < -0.4 is 5.32 Å². The molecule has 1 unspecified atom stereocenters. The Balaban J connectivity index is 1.64. The van der Waals surface area contributed by atoms with E-state index in [1.54, 1.807) is 19.1 Å². The van der Waals surface area contributed by atoms with Gasteiger partial charge in [-0.15, -0.1) is 0 Å². The number of aromatic nitrogens is 2. The fraction of sp³-hybridized carbons (Fsp3) is 0.450. The number of carbonyl (C=O) groups is 1. The summed E-state index contributed by atoms with van der Waals surface area (Å²) in [5.41, 5.74) is 3.37. The maximum absolute atomic E-state index is 12.7. The Labute approximate surface area is 181 Å². The van der Waals surface area contributed by atoms with Crippen molar-refractivity contribution < 1.29 is 17.9 Å². The van der Waals surface area contributed by atoms with Crippen LogP contribution in [0.2, 0.25) is 0 Å². The van der Waals surface area contributed by atoms with Crippen molar-refractivity contribution in [2.24, 2.45) is 0 Å². The van der Waals surface area contributed by atoms with Crippen molar-refractivity contribution in [3.8, 4) is 0 Å². The molecule has 1 aliphatic heterocycles. The number of aryl methyl sites for hydroxylation is 2. The van der Waals surface area contributed by atoms with E-state index in [1.165, 1.54) is 28.2 Å². The number of rotatable bonds is 6. The number of anilines is 1. The monoisotopic (exact) mass is 450 g/mol. The standard InChI is InChI=1S/C20H26N4O4S2/c1-13-14(2)21-20(22-15(13)3)29-16(4)19(25)23-17-5-7-18(8-6-17)30(26,27)24-9-11-28-12-10-24/h5-8,16H,9-12H2,1-4H3,(H,23,25). The van der Waals surface area contributed by atoms with Crippen molar-refractivity contribution in [3.05, 3.63) is 41.2 Å². The zero-order chi connectivity index (χ0) is 21.9. The van der Waals surface area contributed by atoms with Gasteiger partial charge in [-0.05, 0) is 57.5 Å². The third kappa shape index (κ3) is 5.18. The van der Waals surface area contributed by atoms with E-state index in [0.717, 1.165) is 17.0 Å². The van der Waals surface area contributed by atoms with Gasteiger partial charge in [-0.3, -0.25) is 4.79 Å². The van der Waals surface area contributed by atoms with Gasteiger partial charge in [0.2, 0.25) is 15.9 Å². The molecule has 1 aromatic carbocycles. The Morgan fingerprint density at radius 1 is 1.10 bits per heavy atom. The van der Waals surface area contributed by atoms with Gasteiger partial charge in [0.15, 0.2) is 5.16 Å². The van der Waals surface area contributed by atoms with Crippen molar-refractivity contribution in [3.63, 3.8) is 0 Å². The van der Waals surface area contributed by atoms with E-state index in [-0.39, 0.29) is 10.8 Å². The van der Waals surface area contributed by atoms with Crippen LogP contribution in [-0.2, 0) is 19.6 Å². The highest BCUT2D eigenvalue weighted by Crippen LogP contribution is 2.24. The number of amides is 1. The lowest BCUT2D eigenvalue weighted by molar-refractivity contribution is -0.115. The van der Waals surface area contributed by atoms with E-state index in [9.17, 15) is 13.2 Å². The summed E-state index contributed by atoms with van der Waals surface area (Å²) in [6.07, 6.45) is 0. The van der Waals surface area contributed by atoms with Crippen LogP contribution in [-0.4, -0.2) is 60.2 Å². The smallest absolute Gasteiger partial charge is 0.243 e. The lowest BCUT2D eigenvalue weighted by atomic mass is 10.2. The number of hydrogen-bond acceptors (Lipinski definition) is 7. The van der Waals surface area contributed by atoms with Crippen molar-refractivity contribution in [2.45, 2.75) is 43.0 Å². The molecule has 1 amide bonds. The van der Waals surface area contributed by atoms with Crippen LogP contribution in [0.15, 0.2) is 34.3 Å². The lowest BCUT2D eigenvalue weighted by Gasteiger charge is -2.26. The van der Waals surface area contributed by atoms with Crippen LogP contribution in [0.5, 0.6) is 0 Å². The molecule has 0 radical (unpaired) electrons. The van der Waals surface area contributed by atoms with Crippen molar-refractivity contribution >= 4 is 33.4 Å². The molecule has 30 heavy (non-hydrogen) atoms. The largest absolute Gasteiger partial charge is 0.379 e. The average Bonchev–Trinajstić information content (AvgIpc) is 2.73. The Bertz CT molecular complexity index is 997. The van der Waals surface area contributed by atoms with Crippen LogP contribution in [0.1, 0.15) is 23.9 Å². The molecule has 1 atom stereocenters. The average molecular weight is 451 g/mol. The Kier molecular flexibility index (Phi) is 7.12. The quantitative estimate of drug-likeness (QED) is 0.533. The van der Waals surface area contributed by atoms with Gasteiger partial charge >= 0.3 is 0 Å². The topological polar surface area (TPSA) is 101 Å². The molecule has 1 N–H and O–H groups in total. The van der Waals surface area contributed by atoms with E-state index < -0.39 is 15.3 Å². The molecule has 0 aliphatic carbocycles. The van der Waals surface area contributed by atoms with Crippen LogP contribution in [0.3, 0.4) is 0 Å². The van der Waals surface area contributed by atoms with Gasteiger partial charge in [-0.2, -0.15) is 4.31 Å². The first-order chi connectivity index (χ1) is 14.2. The number of carbonyl (C=O) groups excluding carboxylic acids is 1. The molecule has 0 spiro atoms. The van der Waals surface area contributed by atoms with E-state index in [4.69, 9.17) is 4.74 Å². The molecule has 0 saturated carbocycles. The number of benzene rings is 1. The number of nitrogens with one attached hydrogen (secondary N) is 1. The minimum atomic E-state index is -3.56. The van der Waals surface area contributed by atoms with E-state index in [0.29, 0.717) is 37.1 Å². The first-order valence-corrected chi connectivity index (χ1v) is 12.0. The van der Waals surface area contributed by atoms with E-state index in [2.05, 4.69) is 15.3 Å². The minimum Gasteiger partial charge on any atom is -0.379 e. The summed E-state index contributed by atoms with van der Waals surface area (Å²) < 4.78 is 32.0. The molecule has 1 aliphatic rings. The second-order valence-corrected chi connectivity index (χ2v) is 10.3. The van der Waals surface area contributed by atoms with Gasteiger partial charge in [-0.25, -0.2) is 18.4 Å². The predicted molar refractivity (Wildman–Crippen MR) is 116 cm³/mol. The summed E-state index contributed by atoms with van der Waals surface area (Å²) in [5.74, 6) is -0.205. The van der Waals surface area contributed by atoms with E-state index in [1.807, 2.05) is 20.8 Å². The van der Waals surface area contributed by atoms with Crippen molar-refractivity contribution in [1.82, 2.24) is 14.3 Å². The minimum absolute atomic E-state index is 0.198. The first-order valence-electron chi connectivity index (χ1n) is 9.66. The lowest BCUT2D eigenvalue weighted by Crippen LogP contribution is -2.40. The summed E-state index contributed by atoms with van der Waals surface area (Å²) in [6, 6.07) is 6.21. The summed E-state index contributed by atoms with van der Waals surface area (Å²) in [7, 11) is -3.56. The number of sulfonamides is 1. The number of hydrogen-bond donors (Lipinski definition) is 1. The Hall–Kier alpha value is -2.01. The highest BCUT2D eigenvalue weighted by Gasteiger charge is 2.26. The highest BCUT2D eigenvalue weighted by atomic mass is 32.2. The molecule has 3 rings (SSSR count). The molecule has 162 valence electrons. The molecule has 1 saturated heterocycles. The maximum Gasteiger partial charge on any atom is 0.243 e. The third-order valence-electron chi connectivity index (χ3n) is 4.99. The van der Waals surface area contributed by atoms with Crippen LogP contribution >= 0.6 is 11.8 Å². The van der Waals surface area contributed by atoms with Gasteiger partial charge in [0.05, 0.1) is 23.4 Å². The van der Waals surface area contributed by atoms with Gasteiger partial charge in [0.1, 0.15) is 0 Å². The van der Waals surface area contributed by atoms with Gasteiger partial charge < -0.3 is 10.1 Å². The maximum atomic E-state index is 12.7. The molecule has 2 aromatic rings. The number of nitrogens with zero attached hydrogens (tertiary/aromatic N) is 3. The third-order valence-corrected chi connectivity index (χ3v) is 7.87. The van der Waals surface area contributed by atoms with Gasteiger partial charge in [0.25, 0.3) is 0 Å².